The van der Waals surface area contributed by atoms with Crippen molar-refractivity contribution in [3.63, 3.8) is 0 Å². The van der Waals surface area contributed by atoms with Crippen LogP contribution in [0.3, 0.4) is 0 Å². The second-order valence-electron chi connectivity index (χ2n) is 7.53. The Labute approximate surface area is 154 Å². The smallest absolute Gasteiger partial charge is 0.193 e. The van der Waals surface area contributed by atoms with Crippen LogP contribution in [0, 0.1) is 11.8 Å². The van der Waals surface area contributed by atoms with Gasteiger partial charge >= 0.3 is 0 Å². The van der Waals surface area contributed by atoms with Gasteiger partial charge in [0, 0.05) is 52.9 Å². The molecule has 2 unspecified atom stereocenters. The Hall–Kier alpha value is -0.850. The standard InChI is InChI=1S/C19H39N5O/c1-5-22(6-2)15-18-7-8-24(16-18)19(20-4)21-13-17(3)14-23-9-11-25-12-10-23/h17-18H,5-16H2,1-4H3,(H,20,21). The number of hydrogen-bond acceptors (Lipinski definition) is 4. The summed E-state index contributed by atoms with van der Waals surface area (Å²) in [6.45, 7) is 18.6. The van der Waals surface area contributed by atoms with Gasteiger partial charge in [0.15, 0.2) is 5.96 Å². The minimum absolute atomic E-state index is 0.615. The molecule has 2 fully saturated rings. The lowest BCUT2D eigenvalue weighted by Gasteiger charge is -2.30. The van der Waals surface area contributed by atoms with Crippen molar-refractivity contribution in [3.8, 4) is 0 Å². The fraction of sp³-hybridized carbons (Fsp3) is 0.947. The summed E-state index contributed by atoms with van der Waals surface area (Å²) in [6, 6.07) is 0. The average Bonchev–Trinajstić information content (AvgIpc) is 3.09. The first-order valence-electron chi connectivity index (χ1n) is 10.1. The molecule has 2 rings (SSSR count). The maximum absolute atomic E-state index is 5.43. The number of morpholine rings is 1. The third-order valence-corrected chi connectivity index (χ3v) is 5.49. The molecule has 0 aromatic rings. The Morgan fingerprint density at radius 2 is 1.96 bits per heavy atom. The van der Waals surface area contributed by atoms with Crippen LogP contribution in [0.15, 0.2) is 4.99 Å². The number of aliphatic imine (C=N–C) groups is 1. The van der Waals surface area contributed by atoms with E-state index in [9.17, 15) is 0 Å². The monoisotopic (exact) mass is 353 g/mol. The lowest BCUT2D eigenvalue weighted by atomic mass is 10.1. The lowest BCUT2D eigenvalue weighted by molar-refractivity contribution is 0.0320. The summed E-state index contributed by atoms with van der Waals surface area (Å²) in [5.74, 6) is 2.46. The van der Waals surface area contributed by atoms with Crippen molar-refractivity contribution >= 4 is 5.96 Å². The third-order valence-electron chi connectivity index (χ3n) is 5.49. The largest absolute Gasteiger partial charge is 0.379 e. The summed E-state index contributed by atoms with van der Waals surface area (Å²) in [7, 11) is 1.91. The van der Waals surface area contributed by atoms with E-state index in [0.29, 0.717) is 5.92 Å². The van der Waals surface area contributed by atoms with Crippen molar-refractivity contribution in [2.24, 2.45) is 16.8 Å². The molecule has 2 saturated heterocycles. The van der Waals surface area contributed by atoms with Crippen LogP contribution in [0.2, 0.25) is 0 Å². The van der Waals surface area contributed by atoms with Crippen LogP contribution >= 0.6 is 0 Å². The molecule has 0 amide bonds. The Bertz CT molecular complexity index is 393. The van der Waals surface area contributed by atoms with Crippen molar-refractivity contribution in [2.75, 3.05) is 79.2 Å². The predicted molar refractivity (Wildman–Crippen MR) is 105 cm³/mol. The van der Waals surface area contributed by atoms with Crippen LogP contribution in [0.5, 0.6) is 0 Å². The number of likely N-dealkylation sites (tertiary alicyclic amines) is 1. The van der Waals surface area contributed by atoms with Crippen LogP contribution < -0.4 is 5.32 Å². The maximum Gasteiger partial charge on any atom is 0.193 e. The van der Waals surface area contributed by atoms with Gasteiger partial charge in [0.25, 0.3) is 0 Å². The molecule has 0 spiro atoms. The van der Waals surface area contributed by atoms with Gasteiger partial charge in [-0.15, -0.1) is 0 Å². The molecule has 0 aromatic carbocycles. The van der Waals surface area contributed by atoms with Gasteiger partial charge in [-0.3, -0.25) is 9.89 Å². The lowest BCUT2D eigenvalue weighted by Crippen LogP contribution is -2.45. The van der Waals surface area contributed by atoms with Crippen LogP contribution in [-0.4, -0.2) is 99.8 Å². The number of nitrogens with one attached hydrogen (secondary N) is 1. The molecule has 2 aliphatic heterocycles. The molecule has 0 radical (unpaired) electrons. The number of nitrogens with zero attached hydrogens (tertiary/aromatic N) is 4. The SMILES string of the molecule is CCN(CC)CC1CCN(C(=NC)NCC(C)CN2CCOCC2)C1. The highest BCUT2D eigenvalue weighted by molar-refractivity contribution is 5.80. The van der Waals surface area contributed by atoms with E-state index >= 15 is 0 Å². The molecular weight excluding hydrogens is 314 g/mol. The van der Waals surface area contributed by atoms with E-state index < -0.39 is 0 Å². The highest BCUT2D eigenvalue weighted by Gasteiger charge is 2.26. The van der Waals surface area contributed by atoms with Gasteiger partial charge in [0.05, 0.1) is 13.2 Å². The summed E-state index contributed by atoms with van der Waals surface area (Å²) < 4.78 is 5.43. The number of guanidine groups is 1. The molecule has 0 saturated carbocycles. The third kappa shape index (κ3) is 6.76. The van der Waals surface area contributed by atoms with E-state index in [4.69, 9.17) is 4.74 Å². The molecule has 0 bridgehead atoms. The summed E-state index contributed by atoms with van der Waals surface area (Å²) in [6.07, 6.45) is 1.28. The van der Waals surface area contributed by atoms with Crippen molar-refractivity contribution in [3.05, 3.63) is 0 Å². The zero-order valence-electron chi connectivity index (χ0n) is 16.8. The second kappa shape index (κ2) is 11.0. The summed E-state index contributed by atoms with van der Waals surface area (Å²) in [4.78, 5) is 12.0. The number of rotatable bonds is 8. The minimum Gasteiger partial charge on any atom is -0.379 e. The molecule has 6 heteroatoms. The molecule has 25 heavy (non-hydrogen) atoms. The van der Waals surface area contributed by atoms with Crippen LogP contribution in [-0.2, 0) is 4.74 Å². The Balaban J connectivity index is 1.71. The molecule has 2 atom stereocenters. The fourth-order valence-electron chi connectivity index (χ4n) is 3.91. The van der Waals surface area contributed by atoms with E-state index in [1.165, 1.54) is 13.0 Å². The molecule has 2 heterocycles. The molecule has 0 aromatic heterocycles. The zero-order chi connectivity index (χ0) is 18.1. The zero-order valence-corrected chi connectivity index (χ0v) is 16.8. The summed E-state index contributed by atoms with van der Waals surface area (Å²) >= 11 is 0. The Morgan fingerprint density at radius 1 is 1.24 bits per heavy atom. The Kier molecular flexibility index (Phi) is 8.99. The first-order valence-corrected chi connectivity index (χ1v) is 10.1. The molecule has 2 aliphatic rings. The van der Waals surface area contributed by atoms with Crippen molar-refractivity contribution in [2.45, 2.75) is 27.2 Å². The highest BCUT2D eigenvalue weighted by atomic mass is 16.5. The quantitative estimate of drug-likeness (QED) is 0.525. The van der Waals surface area contributed by atoms with E-state index in [0.717, 1.165) is 77.4 Å². The van der Waals surface area contributed by atoms with Crippen molar-refractivity contribution in [1.82, 2.24) is 20.0 Å². The van der Waals surface area contributed by atoms with Crippen LogP contribution in [0.4, 0.5) is 0 Å². The highest BCUT2D eigenvalue weighted by Crippen LogP contribution is 2.17. The van der Waals surface area contributed by atoms with Crippen LogP contribution in [0.1, 0.15) is 27.2 Å². The summed E-state index contributed by atoms with van der Waals surface area (Å²) in [5.41, 5.74) is 0. The summed E-state index contributed by atoms with van der Waals surface area (Å²) in [5, 5.41) is 3.61. The first-order chi connectivity index (χ1) is 12.2. The molecule has 1 N–H and O–H groups in total. The van der Waals surface area contributed by atoms with Gasteiger partial charge in [-0.05, 0) is 31.3 Å². The first kappa shape index (κ1) is 20.5. The molecule has 6 nitrogen and oxygen atoms in total. The predicted octanol–water partition coefficient (Wildman–Crippen LogP) is 1.19. The average molecular weight is 354 g/mol. The normalized spacial score (nSPS) is 24.1. The van der Waals surface area contributed by atoms with E-state index in [-0.39, 0.29) is 0 Å². The van der Waals surface area contributed by atoms with Gasteiger partial charge < -0.3 is 19.9 Å². The topological polar surface area (TPSA) is 43.3 Å². The maximum atomic E-state index is 5.43. The minimum atomic E-state index is 0.615. The molecule has 146 valence electrons. The van der Waals surface area contributed by atoms with Gasteiger partial charge in [0.2, 0.25) is 0 Å². The van der Waals surface area contributed by atoms with Gasteiger partial charge in [-0.2, -0.15) is 0 Å². The molecular formula is C19H39N5O. The Morgan fingerprint density at radius 3 is 2.60 bits per heavy atom. The van der Waals surface area contributed by atoms with Crippen LogP contribution in [0.25, 0.3) is 0 Å². The van der Waals surface area contributed by atoms with Gasteiger partial charge in [-0.25, -0.2) is 0 Å². The van der Waals surface area contributed by atoms with E-state index in [1.807, 2.05) is 7.05 Å². The van der Waals surface area contributed by atoms with Gasteiger partial charge in [-0.1, -0.05) is 20.8 Å². The van der Waals surface area contributed by atoms with Crippen molar-refractivity contribution in [1.29, 1.82) is 0 Å². The fourth-order valence-corrected chi connectivity index (χ4v) is 3.91. The number of hydrogen-bond donors (Lipinski definition) is 1. The second-order valence-corrected chi connectivity index (χ2v) is 7.53. The van der Waals surface area contributed by atoms with Gasteiger partial charge in [0.1, 0.15) is 0 Å². The van der Waals surface area contributed by atoms with Crippen molar-refractivity contribution < 1.29 is 4.74 Å². The van der Waals surface area contributed by atoms with E-state index in [1.54, 1.807) is 0 Å². The van der Waals surface area contributed by atoms with E-state index in [2.05, 4.69) is 45.8 Å². The molecule has 0 aliphatic carbocycles. The number of ether oxygens (including phenoxy) is 1.